The standard InChI is InChI=1S/C13H17FN2O2/c1-8-7-16(3-2-12(8)17)13(18)9-4-10(14)6-11(15)5-9/h4-6,8,12,17H,2-3,7,15H2,1H3. The van der Waals surface area contributed by atoms with Crippen LogP contribution in [0.2, 0.25) is 0 Å². The van der Waals surface area contributed by atoms with E-state index in [9.17, 15) is 14.3 Å². The van der Waals surface area contributed by atoms with E-state index >= 15 is 0 Å². The topological polar surface area (TPSA) is 66.6 Å². The van der Waals surface area contributed by atoms with Gasteiger partial charge in [-0.25, -0.2) is 4.39 Å². The van der Waals surface area contributed by atoms with Gasteiger partial charge in [-0.3, -0.25) is 4.79 Å². The molecular formula is C13H17FN2O2. The first-order valence-electron chi connectivity index (χ1n) is 6.01. The highest BCUT2D eigenvalue weighted by atomic mass is 19.1. The van der Waals surface area contributed by atoms with Crippen LogP contribution in [0.25, 0.3) is 0 Å². The maximum absolute atomic E-state index is 13.2. The van der Waals surface area contributed by atoms with E-state index in [1.54, 1.807) is 4.90 Å². The fraction of sp³-hybridized carbons (Fsp3) is 0.462. The van der Waals surface area contributed by atoms with Gasteiger partial charge in [-0.2, -0.15) is 0 Å². The van der Waals surface area contributed by atoms with Gasteiger partial charge in [-0.05, 0) is 30.5 Å². The van der Waals surface area contributed by atoms with Gasteiger partial charge in [-0.15, -0.1) is 0 Å². The molecule has 2 unspecified atom stereocenters. The van der Waals surface area contributed by atoms with Crippen LogP contribution >= 0.6 is 0 Å². The molecule has 1 amide bonds. The predicted molar refractivity (Wildman–Crippen MR) is 66.5 cm³/mol. The van der Waals surface area contributed by atoms with Crippen LogP contribution in [0.4, 0.5) is 10.1 Å². The van der Waals surface area contributed by atoms with E-state index in [4.69, 9.17) is 5.73 Å². The van der Waals surface area contributed by atoms with Crippen molar-refractivity contribution in [2.24, 2.45) is 5.92 Å². The van der Waals surface area contributed by atoms with Gasteiger partial charge < -0.3 is 15.7 Å². The Bertz CT molecular complexity index is 444. The van der Waals surface area contributed by atoms with Crippen LogP contribution in [0.3, 0.4) is 0 Å². The number of rotatable bonds is 1. The summed E-state index contributed by atoms with van der Waals surface area (Å²) in [6.07, 6.45) is 0.184. The number of aliphatic hydroxyl groups excluding tert-OH is 1. The first-order chi connectivity index (χ1) is 8.47. The number of anilines is 1. The van der Waals surface area contributed by atoms with Gasteiger partial charge in [0.15, 0.2) is 0 Å². The van der Waals surface area contributed by atoms with Crippen LogP contribution in [-0.4, -0.2) is 35.1 Å². The van der Waals surface area contributed by atoms with Crippen molar-refractivity contribution in [2.45, 2.75) is 19.4 Å². The number of hydrogen-bond acceptors (Lipinski definition) is 3. The van der Waals surface area contributed by atoms with E-state index in [1.807, 2.05) is 6.92 Å². The van der Waals surface area contributed by atoms with Crippen molar-refractivity contribution in [1.82, 2.24) is 4.90 Å². The number of nitrogens with zero attached hydrogens (tertiary/aromatic N) is 1. The molecule has 1 saturated heterocycles. The summed E-state index contributed by atoms with van der Waals surface area (Å²) in [7, 11) is 0. The summed E-state index contributed by atoms with van der Waals surface area (Å²) in [4.78, 5) is 13.8. The highest BCUT2D eigenvalue weighted by Gasteiger charge is 2.27. The summed E-state index contributed by atoms with van der Waals surface area (Å²) >= 11 is 0. The molecule has 1 aromatic rings. The number of piperidine rings is 1. The van der Waals surface area contributed by atoms with E-state index in [0.717, 1.165) is 0 Å². The molecule has 98 valence electrons. The minimum Gasteiger partial charge on any atom is -0.399 e. The predicted octanol–water partition coefficient (Wildman–Crippen LogP) is 1.25. The molecule has 1 aliphatic heterocycles. The van der Waals surface area contributed by atoms with Crippen molar-refractivity contribution in [1.29, 1.82) is 0 Å². The number of nitrogen functional groups attached to an aromatic ring is 1. The number of hydrogen-bond donors (Lipinski definition) is 2. The summed E-state index contributed by atoms with van der Waals surface area (Å²) in [6, 6.07) is 3.84. The van der Waals surface area contributed by atoms with Crippen molar-refractivity contribution in [2.75, 3.05) is 18.8 Å². The molecule has 18 heavy (non-hydrogen) atoms. The van der Waals surface area contributed by atoms with Crippen LogP contribution in [0, 0.1) is 11.7 Å². The Morgan fingerprint density at radius 1 is 1.50 bits per heavy atom. The zero-order valence-electron chi connectivity index (χ0n) is 10.3. The minimum atomic E-state index is -0.511. The van der Waals surface area contributed by atoms with Crippen molar-refractivity contribution in [3.8, 4) is 0 Å². The van der Waals surface area contributed by atoms with Gasteiger partial charge in [0.05, 0.1) is 6.10 Å². The second kappa shape index (κ2) is 4.94. The van der Waals surface area contributed by atoms with Crippen LogP contribution in [0.5, 0.6) is 0 Å². The van der Waals surface area contributed by atoms with Gasteiger partial charge >= 0.3 is 0 Å². The SMILES string of the molecule is CC1CN(C(=O)c2cc(N)cc(F)c2)CCC1O. The Kier molecular flexibility index (Phi) is 3.52. The lowest BCUT2D eigenvalue weighted by Gasteiger charge is -2.34. The highest BCUT2D eigenvalue weighted by molar-refractivity contribution is 5.95. The largest absolute Gasteiger partial charge is 0.399 e. The average molecular weight is 252 g/mol. The molecule has 0 bridgehead atoms. The quantitative estimate of drug-likeness (QED) is 0.739. The third kappa shape index (κ3) is 2.61. The molecule has 0 saturated carbocycles. The molecular weight excluding hydrogens is 235 g/mol. The van der Waals surface area contributed by atoms with Crippen molar-refractivity contribution >= 4 is 11.6 Å². The summed E-state index contributed by atoms with van der Waals surface area (Å²) < 4.78 is 13.2. The maximum atomic E-state index is 13.2. The van der Waals surface area contributed by atoms with E-state index in [2.05, 4.69) is 0 Å². The third-order valence-corrected chi connectivity index (χ3v) is 3.31. The molecule has 1 heterocycles. The lowest BCUT2D eigenvalue weighted by atomic mass is 9.96. The second-order valence-corrected chi connectivity index (χ2v) is 4.86. The number of benzene rings is 1. The molecule has 0 aromatic heterocycles. The van der Waals surface area contributed by atoms with Crippen LogP contribution in [-0.2, 0) is 0 Å². The monoisotopic (exact) mass is 252 g/mol. The number of amides is 1. The molecule has 4 nitrogen and oxygen atoms in total. The lowest BCUT2D eigenvalue weighted by Crippen LogP contribution is -2.45. The molecule has 3 N–H and O–H groups in total. The van der Waals surface area contributed by atoms with E-state index in [-0.39, 0.29) is 29.2 Å². The summed E-state index contributed by atoms with van der Waals surface area (Å²) in [5.74, 6) is -0.711. The normalized spacial score (nSPS) is 24.1. The van der Waals surface area contributed by atoms with E-state index < -0.39 is 5.82 Å². The first kappa shape index (κ1) is 12.8. The lowest BCUT2D eigenvalue weighted by molar-refractivity contribution is 0.0297. The smallest absolute Gasteiger partial charge is 0.254 e. The van der Waals surface area contributed by atoms with E-state index in [0.29, 0.717) is 19.5 Å². The van der Waals surface area contributed by atoms with Gasteiger partial charge in [0, 0.05) is 24.3 Å². The molecule has 0 aliphatic carbocycles. The average Bonchev–Trinajstić information content (AvgIpc) is 2.30. The van der Waals surface area contributed by atoms with Crippen molar-refractivity contribution in [3.63, 3.8) is 0 Å². The maximum Gasteiger partial charge on any atom is 0.254 e. The summed E-state index contributed by atoms with van der Waals surface area (Å²) in [5.41, 5.74) is 6.02. The molecule has 0 spiro atoms. The van der Waals surface area contributed by atoms with Gasteiger partial charge in [0.2, 0.25) is 0 Å². The fourth-order valence-corrected chi connectivity index (χ4v) is 2.24. The van der Waals surface area contributed by atoms with Crippen molar-refractivity contribution in [3.05, 3.63) is 29.6 Å². The zero-order chi connectivity index (χ0) is 13.3. The van der Waals surface area contributed by atoms with Crippen molar-refractivity contribution < 1.29 is 14.3 Å². The molecule has 1 aromatic carbocycles. The Balaban J connectivity index is 2.16. The number of aliphatic hydroxyl groups is 1. The Labute approximate surface area is 105 Å². The molecule has 1 fully saturated rings. The van der Waals surface area contributed by atoms with E-state index in [1.165, 1.54) is 18.2 Å². The summed E-state index contributed by atoms with van der Waals surface area (Å²) in [5, 5.41) is 9.62. The third-order valence-electron chi connectivity index (χ3n) is 3.31. The first-order valence-corrected chi connectivity index (χ1v) is 6.01. The van der Waals surface area contributed by atoms with Crippen LogP contribution in [0.1, 0.15) is 23.7 Å². The van der Waals surface area contributed by atoms with Gasteiger partial charge in [-0.1, -0.05) is 6.92 Å². The molecule has 2 rings (SSSR count). The highest BCUT2D eigenvalue weighted by Crippen LogP contribution is 2.20. The Hall–Kier alpha value is -1.62. The summed E-state index contributed by atoms with van der Waals surface area (Å²) in [6.45, 7) is 2.86. The van der Waals surface area contributed by atoms with Crippen LogP contribution in [0.15, 0.2) is 18.2 Å². The molecule has 5 heteroatoms. The minimum absolute atomic E-state index is 0.0357. The fourth-order valence-electron chi connectivity index (χ4n) is 2.24. The number of nitrogens with two attached hydrogens (primary N) is 1. The van der Waals surface area contributed by atoms with Crippen LogP contribution < -0.4 is 5.73 Å². The number of carbonyl (C=O) groups excluding carboxylic acids is 1. The second-order valence-electron chi connectivity index (χ2n) is 4.86. The molecule has 0 radical (unpaired) electrons. The van der Waals surface area contributed by atoms with Gasteiger partial charge in [0.1, 0.15) is 5.82 Å². The Morgan fingerprint density at radius 2 is 2.22 bits per heavy atom. The molecule has 2 atom stereocenters. The number of carbonyl (C=O) groups is 1. The number of halogens is 1. The Morgan fingerprint density at radius 3 is 2.83 bits per heavy atom. The van der Waals surface area contributed by atoms with Gasteiger partial charge in [0.25, 0.3) is 5.91 Å². The number of likely N-dealkylation sites (tertiary alicyclic amines) is 1. The molecule has 1 aliphatic rings. The zero-order valence-corrected chi connectivity index (χ0v) is 10.3.